The van der Waals surface area contributed by atoms with Gasteiger partial charge >= 0.3 is 0 Å². The Labute approximate surface area is 166 Å². The van der Waals surface area contributed by atoms with Crippen molar-refractivity contribution in [3.63, 3.8) is 0 Å². The van der Waals surface area contributed by atoms with Crippen molar-refractivity contribution in [2.24, 2.45) is 0 Å². The first-order valence-electron chi connectivity index (χ1n) is 9.80. The molecule has 0 fully saturated rings. The van der Waals surface area contributed by atoms with E-state index >= 15 is 0 Å². The fraction of sp³-hybridized carbons (Fsp3) is 0.111. The molecule has 0 aliphatic heterocycles. The van der Waals surface area contributed by atoms with Crippen LogP contribution in [0.5, 0.6) is 0 Å². The Bertz CT molecular complexity index is 1140. The van der Waals surface area contributed by atoms with E-state index in [4.69, 9.17) is 0 Å². The predicted octanol–water partition coefficient (Wildman–Crippen LogP) is 7.40. The van der Waals surface area contributed by atoms with Crippen LogP contribution in [0.15, 0.2) is 97.1 Å². The molecule has 0 heterocycles. The third kappa shape index (κ3) is 2.63. The van der Waals surface area contributed by atoms with Gasteiger partial charge in [0.1, 0.15) is 0 Å². The molecule has 0 bridgehead atoms. The van der Waals surface area contributed by atoms with E-state index in [1.165, 1.54) is 39.1 Å². The quantitative estimate of drug-likeness (QED) is 0.401. The van der Waals surface area contributed by atoms with Crippen molar-refractivity contribution < 1.29 is 0 Å². The van der Waals surface area contributed by atoms with Gasteiger partial charge in [0.2, 0.25) is 0 Å². The van der Waals surface area contributed by atoms with E-state index in [9.17, 15) is 0 Å². The second-order valence-electron chi connectivity index (χ2n) is 7.97. The van der Waals surface area contributed by atoms with E-state index in [0.717, 1.165) is 5.69 Å². The second kappa shape index (κ2) is 6.38. The summed E-state index contributed by atoms with van der Waals surface area (Å²) in [4.78, 5) is 0. The molecule has 4 aromatic carbocycles. The molecular formula is C27H23N. The zero-order chi connectivity index (χ0) is 19.1. The Kier molecular flexibility index (Phi) is 3.84. The molecule has 0 saturated carbocycles. The summed E-state index contributed by atoms with van der Waals surface area (Å²) in [6, 6.07) is 34.6. The van der Waals surface area contributed by atoms with Gasteiger partial charge in [-0.3, -0.25) is 0 Å². The number of nitrogens with one attached hydrogen (secondary N) is 1. The molecule has 0 amide bonds. The number of hydrogen-bond donors (Lipinski definition) is 1. The number of rotatable bonds is 3. The summed E-state index contributed by atoms with van der Waals surface area (Å²) in [5, 5.41) is 3.63. The van der Waals surface area contributed by atoms with Crippen molar-refractivity contribution in [2.45, 2.75) is 19.3 Å². The summed E-state index contributed by atoms with van der Waals surface area (Å²) in [6.45, 7) is 4.66. The fourth-order valence-electron chi connectivity index (χ4n) is 4.38. The molecule has 0 saturated heterocycles. The first-order valence-corrected chi connectivity index (χ1v) is 9.80. The summed E-state index contributed by atoms with van der Waals surface area (Å²) >= 11 is 0. The zero-order valence-corrected chi connectivity index (χ0v) is 16.2. The summed E-state index contributed by atoms with van der Waals surface area (Å²) in [7, 11) is 0. The van der Waals surface area contributed by atoms with E-state index < -0.39 is 0 Å². The van der Waals surface area contributed by atoms with Crippen LogP contribution in [0.2, 0.25) is 0 Å². The highest BCUT2D eigenvalue weighted by molar-refractivity contribution is 5.92. The van der Waals surface area contributed by atoms with Crippen LogP contribution in [0.1, 0.15) is 25.0 Å². The smallest absolute Gasteiger partial charge is 0.0467 e. The topological polar surface area (TPSA) is 12.0 Å². The van der Waals surface area contributed by atoms with Gasteiger partial charge in [-0.25, -0.2) is 0 Å². The van der Waals surface area contributed by atoms with Crippen molar-refractivity contribution in [2.75, 3.05) is 5.32 Å². The van der Waals surface area contributed by atoms with Crippen LogP contribution >= 0.6 is 0 Å². The highest BCUT2D eigenvalue weighted by Crippen LogP contribution is 2.52. The Morgan fingerprint density at radius 2 is 1.32 bits per heavy atom. The lowest BCUT2D eigenvalue weighted by Gasteiger charge is -2.22. The average Bonchev–Trinajstić information content (AvgIpc) is 2.97. The van der Waals surface area contributed by atoms with Crippen LogP contribution in [-0.2, 0) is 5.41 Å². The zero-order valence-electron chi connectivity index (χ0n) is 16.2. The first-order chi connectivity index (χ1) is 13.6. The molecule has 0 aromatic heterocycles. The van der Waals surface area contributed by atoms with Gasteiger partial charge in [0.15, 0.2) is 0 Å². The molecule has 4 aromatic rings. The average molecular weight is 361 g/mol. The van der Waals surface area contributed by atoms with Crippen LogP contribution in [-0.4, -0.2) is 0 Å². The van der Waals surface area contributed by atoms with Gasteiger partial charge in [-0.1, -0.05) is 86.6 Å². The molecule has 28 heavy (non-hydrogen) atoms. The number of benzene rings is 4. The van der Waals surface area contributed by atoms with E-state index in [0.29, 0.717) is 0 Å². The van der Waals surface area contributed by atoms with Gasteiger partial charge < -0.3 is 5.32 Å². The molecule has 136 valence electrons. The van der Waals surface area contributed by atoms with E-state index in [-0.39, 0.29) is 5.41 Å². The van der Waals surface area contributed by atoms with E-state index in [2.05, 4.69) is 110 Å². The molecule has 0 atom stereocenters. The minimum absolute atomic E-state index is 0.0240. The Hall–Kier alpha value is -3.32. The van der Waals surface area contributed by atoms with Crippen molar-refractivity contribution in [3.8, 4) is 22.3 Å². The summed E-state index contributed by atoms with van der Waals surface area (Å²) in [5.74, 6) is 0. The lowest BCUT2D eigenvalue weighted by Crippen LogP contribution is -2.15. The third-order valence-corrected chi connectivity index (χ3v) is 5.86. The first kappa shape index (κ1) is 16.8. The van der Waals surface area contributed by atoms with Gasteiger partial charge in [-0.05, 0) is 52.1 Å². The van der Waals surface area contributed by atoms with Crippen LogP contribution in [0.4, 0.5) is 11.4 Å². The van der Waals surface area contributed by atoms with Crippen molar-refractivity contribution in [3.05, 3.63) is 108 Å². The van der Waals surface area contributed by atoms with Crippen LogP contribution in [0.3, 0.4) is 0 Å². The van der Waals surface area contributed by atoms with E-state index in [1.807, 2.05) is 6.07 Å². The third-order valence-electron chi connectivity index (χ3n) is 5.86. The van der Waals surface area contributed by atoms with Gasteiger partial charge in [0.25, 0.3) is 0 Å². The lowest BCUT2D eigenvalue weighted by atomic mass is 9.81. The maximum absolute atomic E-state index is 3.63. The van der Waals surface area contributed by atoms with E-state index in [1.54, 1.807) is 0 Å². The molecule has 1 heteroatoms. The Morgan fingerprint density at radius 1 is 0.607 bits per heavy atom. The Morgan fingerprint density at radius 3 is 2.07 bits per heavy atom. The largest absolute Gasteiger partial charge is 0.355 e. The highest BCUT2D eigenvalue weighted by atomic mass is 14.9. The van der Waals surface area contributed by atoms with Crippen LogP contribution in [0.25, 0.3) is 22.3 Å². The lowest BCUT2D eigenvalue weighted by molar-refractivity contribution is 0.661. The standard InChI is InChI=1S/C27H23N/c1-27(2)23-14-9-15-25(28-21-12-7-4-8-13-21)26(23)22-17-16-20(18-24(22)27)19-10-5-3-6-11-19/h3-18,28H,1-2H3. The highest BCUT2D eigenvalue weighted by Gasteiger charge is 2.36. The molecule has 1 nitrogen and oxygen atoms in total. The van der Waals surface area contributed by atoms with Gasteiger partial charge in [-0.2, -0.15) is 0 Å². The van der Waals surface area contributed by atoms with Gasteiger partial charge in [0.05, 0.1) is 0 Å². The molecule has 1 N–H and O–H groups in total. The molecule has 1 aliphatic rings. The molecule has 0 radical (unpaired) electrons. The maximum Gasteiger partial charge on any atom is 0.0467 e. The molecule has 0 spiro atoms. The molecule has 5 rings (SSSR count). The minimum Gasteiger partial charge on any atom is -0.355 e. The Balaban J connectivity index is 1.66. The van der Waals surface area contributed by atoms with Gasteiger partial charge in [0, 0.05) is 22.4 Å². The SMILES string of the molecule is CC1(C)c2cc(-c3ccccc3)ccc2-c2c(Nc3ccccc3)cccc21. The van der Waals surface area contributed by atoms with Crippen LogP contribution < -0.4 is 5.32 Å². The summed E-state index contributed by atoms with van der Waals surface area (Å²) in [6.07, 6.45) is 0. The summed E-state index contributed by atoms with van der Waals surface area (Å²) < 4.78 is 0. The second-order valence-corrected chi connectivity index (χ2v) is 7.97. The number of hydrogen-bond acceptors (Lipinski definition) is 1. The number of fused-ring (bicyclic) bond motifs is 3. The molecule has 0 unspecified atom stereocenters. The minimum atomic E-state index is -0.0240. The molecule has 1 aliphatic carbocycles. The maximum atomic E-state index is 3.63. The van der Waals surface area contributed by atoms with Crippen molar-refractivity contribution in [1.29, 1.82) is 0 Å². The molecular weight excluding hydrogens is 338 g/mol. The fourth-order valence-corrected chi connectivity index (χ4v) is 4.38. The van der Waals surface area contributed by atoms with Crippen molar-refractivity contribution >= 4 is 11.4 Å². The number of anilines is 2. The summed E-state index contributed by atoms with van der Waals surface area (Å²) in [5.41, 5.74) is 10.2. The van der Waals surface area contributed by atoms with Crippen LogP contribution in [0, 0.1) is 0 Å². The van der Waals surface area contributed by atoms with Crippen molar-refractivity contribution in [1.82, 2.24) is 0 Å². The normalized spacial score (nSPS) is 13.6. The predicted molar refractivity (Wildman–Crippen MR) is 119 cm³/mol. The van der Waals surface area contributed by atoms with Gasteiger partial charge in [-0.15, -0.1) is 0 Å². The number of para-hydroxylation sites is 1. The monoisotopic (exact) mass is 361 g/mol.